The maximum Gasteiger partial charge on any atom is 0.236 e. The van der Waals surface area contributed by atoms with Crippen LogP contribution in [-0.2, 0) is 13.1 Å². The molecule has 0 fully saturated rings. The number of fused-ring (bicyclic) bond motifs is 1. The largest absolute Gasteiger partial charge is 0.424 e. The third-order valence-electron chi connectivity index (χ3n) is 3.37. The van der Waals surface area contributed by atoms with Crippen molar-refractivity contribution in [3.8, 4) is 0 Å². The zero-order valence-electron chi connectivity index (χ0n) is 12.1. The summed E-state index contributed by atoms with van der Waals surface area (Å²) >= 11 is 6.13. The van der Waals surface area contributed by atoms with Gasteiger partial charge in [0.25, 0.3) is 0 Å². The number of aryl methyl sites for hydroxylation is 1. The van der Waals surface area contributed by atoms with E-state index in [1.807, 2.05) is 12.1 Å². The Kier molecular flexibility index (Phi) is 3.94. The third-order valence-corrected chi connectivity index (χ3v) is 3.60. The molecule has 2 aromatic heterocycles. The summed E-state index contributed by atoms with van der Waals surface area (Å²) in [6, 6.07) is 5.94. The quantitative estimate of drug-likeness (QED) is 0.787. The number of hydrogen-bond donors (Lipinski definition) is 1. The van der Waals surface area contributed by atoms with Crippen molar-refractivity contribution in [2.24, 2.45) is 0 Å². The van der Waals surface area contributed by atoms with Gasteiger partial charge in [0.05, 0.1) is 5.52 Å². The molecule has 1 N–H and O–H groups in total. The van der Waals surface area contributed by atoms with Crippen molar-refractivity contribution in [1.82, 2.24) is 20.1 Å². The van der Waals surface area contributed by atoms with Crippen LogP contribution in [0.15, 0.2) is 28.8 Å². The van der Waals surface area contributed by atoms with Gasteiger partial charge in [-0.1, -0.05) is 24.6 Å². The Hall–Kier alpha value is -1.85. The van der Waals surface area contributed by atoms with Gasteiger partial charge in [0.1, 0.15) is 6.54 Å². The number of nitrogens with one attached hydrogen (secondary N) is 1. The van der Waals surface area contributed by atoms with Crippen LogP contribution in [0, 0.1) is 6.92 Å². The van der Waals surface area contributed by atoms with Gasteiger partial charge < -0.3 is 14.3 Å². The molecule has 0 radical (unpaired) electrons. The van der Waals surface area contributed by atoms with Crippen molar-refractivity contribution >= 4 is 22.5 Å². The van der Waals surface area contributed by atoms with Crippen molar-refractivity contribution in [3.05, 3.63) is 46.8 Å². The number of hydrogen-bond acceptors (Lipinski definition) is 4. The van der Waals surface area contributed by atoms with Gasteiger partial charge >= 0.3 is 0 Å². The van der Waals surface area contributed by atoms with Crippen LogP contribution >= 0.6 is 11.6 Å². The molecule has 21 heavy (non-hydrogen) atoms. The van der Waals surface area contributed by atoms with Crippen LogP contribution in [0.4, 0.5) is 0 Å². The average Bonchev–Trinajstić information content (AvgIpc) is 3.01. The highest BCUT2D eigenvalue weighted by atomic mass is 35.5. The minimum absolute atomic E-state index is 0.545. The van der Waals surface area contributed by atoms with E-state index >= 15 is 0 Å². The van der Waals surface area contributed by atoms with E-state index < -0.39 is 0 Å². The highest BCUT2D eigenvalue weighted by Gasteiger charge is 2.11. The number of nitrogens with zero attached hydrogens (tertiary/aromatic N) is 3. The highest BCUT2D eigenvalue weighted by molar-refractivity contribution is 6.31. The highest BCUT2D eigenvalue weighted by Crippen LogP contribution is 2.25. The van der Waals surface area contributed by atoms with Gasteiger partial charge in [0.15, 0.2) is 0 Å². The lowest BCUT2D eigenvalue weighted by atomic mass is 10.2. The topological polar surface area (TPSA) is 55.9 Å². The molecule has 0 aliphatic heterocycles. The molecule has 0 aliphatic carbocycles. The Bertz CT molecular complexity index is 762. The number of rotatable bonds is 5. The van der Waals surface area contributed by atoms with E-state index in [-0.39, 0.29) is 0 Å². The summed E-state index contributed by atoms with van der Waals surface area (Å²) in [5.41, 5.74) is 2.31. The van der Waals surface area contributed by atoms with Crippen molar-refractivity contribution in [3.63, 3.8) is 0 Å². The molecule has 0 amide bonds. The Balaban J connectivity index is 2.01. The smallest absolute Gasteiger partial charge is 0.236 e. The molecule has 110 valence electrons. The fourth-order valence-electron chi connectivity index (χ4n) is 2.42. The lowest BCUT2D eigenvalue weighted by Gasteiger charge is -2.01. The molecule has 0 aliphatic rings. The second-order valence-corrected chi connectivity index (χ2v) is 5.38. The molecule has 5 nitrogen and oxygen atoms in total. The van der Waals surface area contributed by atoms with Crippen molar-refractivity contribution in [2.45, 2.75) is 26.9 Å². The van der Waals surface area contributed by atoms with E-state index in [0.29, 0.717) is 18.3 Å². The van der Waals surface area contributed by atoms with Crippen molar-refractivity contribution in [2.75, 3.05) is 6.54 Å². The first kappa shape index (κ1) is 14.1. The van der Waals surface area contributed by atoms with Gasteiger partial charge in [0, 0.05) is 30.1 Å². The Labute approximate surface area is 127 Å². The van der Waals surface area contributed by atoms with Gasteiger partial charge in [-0.05, 0) is 24.2 Å². The molecular formula is C15H17ClN4O. The maximum absolute atomic E-state index is 6.13. The lowest BCUT2D eigenvalue weighted by Crippen LogP contribution is -2.11. The maximum atomic E-state index is 6.13. The molecule has 1 aromatic carbocycles. The van der Waals surface area contributed by atoms with Crippen LogP contribution in [0.2, 0.25) is 5.02 Å². The Morgan fingerprint density at radius 3 is 2.90 bits per heavy atom. The van der Waals surface area contributed by atoms with E-state index in [2.05, 4.69) is 39.3 Å². The molecule has 0 bridgehead atoms. The predicted octanol–water partition coefficient (Wildman–Crippen LogP) is 3.14. The zero-order valence-corrected chi connectivity index (χ0v) is 12.8. The molecule has 0 unspecified atom stereocenters. The van der Waals surface area contributed by atoms with Gasteiger partial charge in [-0.3, -0.25) is 0 Å². The van der Waals surface area contributed by atoms with E-state index in [9.17, 15) is 0 Å². The van der Waals surface area contributed by atoms with Crippen LogP contribution in [0.1, 0.15) is 24.3 Å². The van der Waals surface area contributed by atoms with E-state index in [0.717, 1.165) is 23.6 Å². The van der Waals surface area contributed by atoms with Crippen molar-refractivity contribution < 1.29 is 4.42 Å². The first-order chi connectivity index (χ1) is 10.2. The zero-order chi connectivity index (χ0) is 14.8. The van der Waals surface area contributed by atoms with Crippen LogP contribution < -0.4 is 5.32 Å². The molecule has 6 heteroatoms. The van der Waals surface area contributed by atoms with Crippen LogP contribution in [0.5, 0.6) is 0 Å². The van der Waals surface area contributed by atoms with E-state index in [1.165, 1.54) is 10.9 Å². The molecule has 0 atom stereocenters. The SMILES string of the molecule is CCNCc1cn(Cc2nnc(C)o2)c2cc(Cl)ccc12. The summed E-state index contributed by atoms with van der Waals surface area (Å²) in [4.78, 5) is 0. The van der Waals surface area contributed by atoms with E-state index in [1.54, 1.807) is 6.92 Å². The summed E-state index contributed by atoms with van der Waals surface area (Å²) in [6.07, 6.45) is 2.11. The fourth-order valence-corrected chi connectivity index (χ4v) is 2.59. The van der Waals surface area contributed by atoms with Gasteiger partial charge in [-0.2, -0.15) is 0 Å². The first-order valence-electron chi connectivity index (χ1n) is 6.94. The summed E-state index contributed by atoms with van der Waals surface area (Å²) in [5.74, 6) is 1.17. The second-order valence-electron chi connectivity index (χ2n) is 4.94. The molecule has 3 aromatic rings. The number of benzene rings is 1. The molecule has 2 heterocycles. The van der Waals surface area contributed by atoms with Crippen LogP contribution in [0.3, 0.4) is 0 Å². The Morgan fingerprint density at radius 1 is 1.33 bits per heavy atom. The monoisotopic (exact) mass is 304 g/mol. The minimum atomic E-state index is 0.545. The summed E-state index contributed by atoms with van der Waals surface area (Å²) < 4.78 is 7.56. The lowest BCUT2D eigenvalue weighted by molar-refractivity contribution is 0.457. The minimum Gasteiger partial charge on any atom is -0.424 e. The molecule has 0 saturated carbocycles. The fraction of sp³-hybridized carbons (Fsp3) is 0.333. The summed E-state index contributed by atoms with van der Waals surface area (Å²) in [6.45, 7) is 6.19. The molecular weight excluding hydrogens is 288 g/mol. The van der Waals surface area contributed by atoms with Crippen LogP contribution in [-0.4, -0.2) is 21.3 Å². The summed E-state index contributed by atoms with van der Waals surface area (Å²) in [7, 11) is 0. The van der Waals surface area contributed by atoms with Crippen molar-refractivity contribution in [1.29, 1.82) is 0 Å². The van der Waals surface area contributed by atoms with Crippen LogP contribution in [0.25, 0.3) is 10.9 Å². The molecule has 0 spiro atoms. The first-order valence-corrected chi connectivity index (χ1v) is 7.32. The normalized spacial score (nSPS) is 11.4. The summed E-state index contributed by atoms with van der Waals surface area (Å²) in [5, 5.41) is 13.2. The second kappa shape index (κ2) is 5.87. The Morgan fingerprint density at radius 2 is 2.19 bits per heavy atom. The third kappa shape index (κ3) is 2.94. The van der Waals surface area contributed by atoms with Gasteiger partial charge in [-0.15, -0.1) is 10.2 Å². The standard InChI is InChI=1S/C15H17ClN4O/c1-3-17-7-11-8-20(9-15-19-18-10(2)21-15)14-6-12(16)4-5-13(11)14/h4-6,8,17H,3,7,9H2,1-2H3. The predicted molar refractivity (Wildman–Crippen MR) is 82.5 cm³/mol. The molecule has 0 saturated heterocycles. The number of halogens is 1. The molecule has 3 rings (SSSR count). The van der Waals surface area contributed by atoms with Gasteiger partial charge in [0.2, 0.25) is 11.8 Å². The van der Waals surface area contributed by atoms with Gasteiger partial charge in [-0.25, -0.2) is 0 Å². The number of aromatic nitrogens is 3. The average molecular weight is 305 g/mol. The van der Waals surface area contributed by atoms with E-state index in [4.69, 9.17) is 16.0 Å².